The van der Waals surface area contributed by atoms with Gasteiger partial charge in [-0.05, 0) is 196 Å². The zero-order valence-electron chi connectivity index (χ0n) is 47.5. The van der Waals surface area contributed by atoms with E-state index in [0.29, 0.717) is 5.46 Å². The number of benzene rings is 11. The van der Waals surface area contributed by atoms with E-state index in [4.69, 9.17) is 5.73 Å². The summed E-state index contributed by atoms with van der Waals surface area (Å²) < 4.78 is 3.52. The van der Waals surface area contributed by atoms with Gasteiger partial charge in [0.2, 0.25) is 0 Å². The Morgan fingerprint density at radius 3 is 1.16 bits per heavy atom. The van der Waals surface area contributed by atoms with Gasteiger partial charge in [0.05, 0.1) is 0 Å². The van der Waals surface area contributed by atoms with Gasteiger partial charge in [-0.3, -0.25) is 0 Å². The molecule has 0 spiro atoms. The van der Waals surface area contributed by atoms with Crippen molar-refractivity contribution >= 4 is 84.1 Å². The second-order valence-corrected chi connectivity index (χ2v) is 25.7. The molecule has 0 radical (unpaired) electrons. The minimum Gasteiger partial charge on any atom is -0.423 e. The standard InChI is InChI=1S/C27H23N.C21H17Br.C15H15BO2.C6H4BrI.C6H7N/c1-27(2)25-14-7-6-13-23(25)24-18-20(15-16-26(24)27)19-9-8-12-22(17-19)28-21-10-4-3-5-11-21;1-21(2)19-9-4-3-8-17(19)18-13-15(10-11-20(18)21)14-6-5-7-16(22)12-14;1-15(2)13-6-4-3-5-11(13)12-9-10(16(17)18)7-8-14(12)15;7-5-2-1-3-6(8)4-5;7-6-4-2-1-3-5-6/h3-18,28H,1-2H3;3-13H,1-2H3;3-9,17-18H,1-2H3;1-4H;1-5H,7H2. The summed E-state index contributed by atoms with van der Waals surface area (Å²) in [6, 6.07) is 90.4. The molecule has 412 valence electrons. The third kappa shape index (κ3) is 12.9. The lowest BCUT2D eigenvalue weighted by Gasteiger charge is -2.21. The van der Waals surface area contributed by atoms with Crippen LogP contribution >= 0.6 is 54.5 Å². The SMILES string of the molecule is Brc1cccc(I)c1.CC1(C)c2ccccc2-c2cc(-c3cccc(Br)c3)ccc21.CC1(C)c2ccccc2-c2cc(-c3cccc(Nc4ccccc4)c3)ccc21.CC1(C)c2ccccc2-c2cc(B(O)O)ccc21.Nc1ccccc1. The van der Waals surface area contributed by atoms with Crippen molar-refractivity contribution in [2.24, 2.45) is 0 Å². The molecule has 0 heterocycles. The topological polar surface area (TPSA) is 78.5 Å². The van der Waals surface area contributed by atoms with Crippen molar-refractivity contribution in [3.63, 3.8) is 0 Å². The fourth-order valence-corrected chi connectivity index (χ4v) is 13.5. The van der Waals surface area contributed by atoms with Crippen LogP contribution in [0.15, 0.2) is 270 Å². The molecule has 0 saturated carbocycles. The lowest BCUT2D eigenvalue weighted by Crippen LogP contribution is -2.30. The van der Waals surface area contributed by atoms with Crippen LogP contribution in [0.2, 0.25) is 0 Å². The van der Waals surface area contributed by atoms with Crippen molar-refractivity contribution in [2.75, 3.05) is 11.1 Å². The molecule has 0 amide bonds. The molecule has 0 aromatic heterocycles. The van der Waals surface area contributed by atoms with E-state index in [1.807, 2.05) is 84.9 Å². The molecule has 0 unspecified atom stereocenters. The molecule has 0 aliphatic heterocycles. The van der Waals surface area contributed by atoms with Crippen LogP contribution in [0.25, 0.3) is 55.6 Å². The van der Waals surface area contributed by atoms with Gasteiger partial charge in [-0.1, -0.05) is 255 Å². The van der Waals surface area contributed by atoms with Gasteiger partial charge >= 0.3 is 7.12 Å². The van der Waals surface area contributed by atoms with Crippen molar-refractivity contribution < 1.29 is 10.0 Å². The summed E-state index contributed by atoms with van der Waals surface area (Å²) in [5, 5.41) is 22.1. The van der Waals surface area contributed by atoms with Gasteiger partial charge in [-0.2, -0.15) is 0 Å². The zero-order valence-corrected chi connectivity index (χ0v) is 52.8. The van der Waals surface area contributed by atoms with Crippen molar-refractivity contribution in [1.82, 2.24) is 0 Å². The van der Waals surface area contributed by atoms with Gasteiger partial charge in [-0.25, -0.2) is 0 Å². The zero-order chi connectivity index (χ0) is 58.5. The van der Waals surface area contributed by atoms with Crippen molar-refractivity contribution in [3.8, 4) is 55.6 Å². The van der Waals surface area contributed by atoms with Gasteiger partial charge in [0.15, 0.2) is 0 Å². The number of rotatable bonds is 5. The van der Waals surface area contributed by atoms with Crippen LogP contribution in [0.5, 0.6) is 0 Å². The minimum atomic E-state index is -1.41. The number of para-hydroxylation sites is 2. The van der Waals surface area contributed by atoms with Crippen LogP contribution in [0, 0.1) is 3.57 Å². The van der Waals surface area contributed by atoms with Crippen LogP contribution in [-0.4, -0.2) is 17.2 Å². The van der Waals surface area contributed by atoms with Crippen LogP contribution in [0.1, 0.15) is 74.9 Å². The molecule has 8 heteroatoms. The van der Waals surface area contributed by atoms with Crippen LogP contribution < -0.4 is 16.5 Å². The van der Waals surface area contributed by atoms with Gasteiger partial charge in [0, 0.05) is 45.8 Å². The Morgan fingerprint density at radius 1 is 0.349 bits per heavy atom. The fourth-order valence-electron chi connectivity index (χ4n) is 11.7. The van der Waals surface area contributed by atoms with Crippen molar-refractivity contribution in [3.05, 3.63) is 307 Å². The number of fused-ring (bicyclic) bond motifs is 9. The Morgan fingerprint density at radius 2 is 0.723 bits per heavy atom. The summed E-state index contributed by atoms with van der Waals surface area (Å²) >= 11 is 9.20. The first-order valence-electron chi connectivity index (χ1n) is 27.9. The lowest BCUT2D eigenvalue weighted by atomic mass is 9.77. The Hall–Kier alpha value is -7.31. The first-order valence-corrected chi connectivity index (χ1v) is 30.6. The molecule has 0 bridgehead atoms. The normalized spacial score (nSPS) is 13.3. The maximum Gasteiger partial charge on any atom is 0.488 e. The third-order valence-corrected chi connectivity index (χ3v) is 17.7. The molecule has 4 nitrogen and oxygen atoms in total. The Balaban J connectivity index is 0.000000125. The van der Waals surface area contributed by atoms with E-state index in [1.165, 1.54) is 87.0 Å². The molecule has 83 heavy (non-hydrogen) atoms. The molecule has 11 aromatic rings. The number of hydrogen-bond donors (Lipinski definition) is 4. The lowest BCUT2D eigenvalue weighted by molar-refractivity contribution is 0.425. The molecular formula is C75H66BBr2IN2O2. The van der Waals surface area contributed by atoms with E-state index in [-0.39, 0.29) is 16.2 Å². The highest BCUT2D eigenvalue weighted by Gasteiger charge is 2.37. The first-order chi connectivity index (χ1) is 39.9. The van der Waals surface area contributed by atoms with E-state index in [0.717, 1.165) is 31.6 Å². The number of hydrogen-bond acceptors (Lipinski definition) is 4. The molecule has 0 atom stereocenters. The van der Waals surface area contributed by atoms with Crippen LogP contribution in [0.4, 0.5) is 17.1 Å². The molecule has 3 aliphatic carbocycles. The van der Waals surface area contributed by atoms with E-state index in [9.17, 15) is 10.0 Å². The molecule has 0 fully saturated rings. The van der Waals surface area contributed by atoms with Gasteiger partial charge in [-0.15, -0.1) is 0 Å². The minimum absolute atomic E-state index is 0.0230. The summed E-state index contributed by atoms with van der Waals surface area (Å²) in [6.45, 7) is 13.7. The van der Waals surface area contributed by atoms with Crippen molar-refractivity contribution in [1.29, 1.82) is 0 Å². The summed E-state index contributed by atoms with van der Waals surface area (Å²) in [5.74, 6) is 0. The Kier molecular flexibility index (Phi) is 17.9. The summed E-state index contributed by atoms with van der Waals surface area (Å²) in [5.41, 5.74) is 30.0. The fraction of sp³-hybridized carbons (Fsp3) is 0.120. The predicted octanol–water partition coefficient (Wildman–Crippen LogP) is 19.8. The second-order valence-electron chi connectivity index (χ2n) is 22.6. The van der Waals surface area contributed by atoms with Crippen molar-refractivity contribution in [2.45, 2.75) is 57.8 Å². The van der Waals surface area contributed by atoms with Crippen LogP contribution in [-0.2, 0) is 16.2 Å². The van der Waals surface area contributed by atoms with Gasteiger partial charge in [0.1, 0.15) is 0 Å². The average Bonchev–Trinajstić information content (AvgIpc) is 2.43. The number of halogens is 3. The predicted molar refractivity (Wildman–Crippen MR) is 368 cm³/mol. The van der Waals surface area contributed by atoms with E-state index < -0.39 is 7.12 Å². The van der Waals surface area contributed by atoms with E-state index in [1.54, 1.807) is 6.07 Å². The largest absolute Gasteiger partial charge is 0.488 e. The highest BCUT2D eigenvalue weighted by Crippen LogP contribution is 2.52. The number of nitrogen functional groups attached to an aromatic ring is 1. The molecule has 5 N–H and O–H groups in total. The highest BCUT2D eigenvalue weighted by molar-refractivity contribution is 14.1. The summed E-state index contributed by atoms with van der Waals surface area (Å²) in [4.78, 5) is 0. The molecule has 3 aliphatic rings. The average molecular weight is 1320 g/mol. The highest BCUT2D eigenvalue weighted by atomic mass is 127. The summed E-state index contributed by atoms with van der Waals surface area (Å²) in [6.07, 6.45) is 0. The van der Waals surface area contributed by atoms with Gasteiger partial charge < -0.3 is 21.1 Å². The van der Waals surface area contributed by atoms with Gasteiger partial charge in [0.25, 0.3) is 0 Å². The summed E-state index contributed by atoms with van der Waals surface area (Å²) in [7, 11) is -1.41. The van der Waals surface area contributed by atoms with Crippen LogP contribution in [0.3, 0.4) is 0 Å². The Bertz CT molecular complexity index is 4070. The first kappa shape index (κ1) is 58.9. The molecule has 14 rings (SSSR count). The Labute approximate surface area is 521 Å². The quantitative estimate of drug-likeness (QED) is 0.0787. The smallest absolute Gasteiger partial charge is 0.423 e. The molecular weight excluding hydrogens is 1260 g/mol. The monoisotopic (exact) mass is 1320 g/mol. The van der Waals surface area contributed by atoms with E-state index in [2.05, 4.69) is 271 Å². The number of nitrogens with one attached hydrogen (secondary N) is 1. The maximum atomic E-state index is 9.29. The second kappa shape index (κ2) is 25.3. The third-order valence-electron chi connectivity index (χ3n) is 16.1. The number of anilines is 3. The molecule has 11 aromatic carbocycles. The van der Waals surface area contributed by atoms with E-state index >= 15 is 0 Å². The maximum absolute atomic E-state index is 9.29. The molecule has 0 saturated heterocycles. The number of nitrogens with two attached hydrogens (primary N) is 1.